The molecule has 1 amide bonds. The molecule has 2 aromatic rings. The number of alkyl carbamates (subject to hydrolysis) is 1. The van der Waals surface area contributed by atoms with E-state index in [0.717, 1.165) is 0 Å². The Labute approximate surface area is 155 Å². The molecule has 146 valence electrons. The van der Waals surface area contributed by atoms with Crippen LogP contribution in [0.15, 0.2) is 36.7 Å². The Hall–Kier alpha value is -2.98. The highest BCUT2D eigenvalue weighted by molar-refractivity contribution is 5.67. The molecule has 10 heteroatoms. The standard InChI is InChI=1S/C17H22N4O6/c1-17(2,3)27-16(24)18-9-14(22)15(23)11-8-19-20(10-11)12-6-4-5-7-13(12)21(25)26/h4-8,10,14-15,22-23H,9H2,1-3H3,(H,18,24). The van der Waals surface area contributed by atoms with Gasteiger partial charge in [-0.25, -0.2) is 9.48 Å². The minimum atomic E-state index is -1.35. The average Bonchev–Trinajstić information content (AvgIpc) is 3.07. The summed E-state index contributed by atoms with van der Waals surface area (Å²) in [6.45, 7) is 4.87. The van der Waals surface area contributed by atoms with Crippen molar-refractivity contribution in [1.82, 2.24) is 15.1 Å². The van der Waals surface area contributed by atoms with Crippen molar-refractivity contribution in [2.24, 2.45) is 0 Å². The van der Waals surface area contributed by atoms with Crippen molar-refractivity contribution >= 4 is 11.8 Å². The van der Waals surface area contributed by atoms with Crippen molar-refractivity contribution in [1.29, 1.82) is 0 Å². The fourth-order valence-electron chi connectivity index (χ4n) is 2.27. The van der Waals surface area contributed by atoms with Crippen LogP contribution in [0.1, 0.15) is 32.4 Å². The van der Waals surface area contributed by atoms with Gasteiger partial charge < -0.3 is 20.3 Å². The lowest BCUT2D eigenvalue weighted by Gasteiger charge is -2.21. The molecule has 0 aliphatic heterocycles. The van der Waals surface area contributed by atoms with Gasteiger partial charge in [-0.1, -0.05) is 12.1 Å². The molecular weight excluding hydrogens is 356 g/mol. The summed E-state index contributed by atoms with van der Waals surface area (Å²) in [6, 6.07) is 6.02. The summed E-state index contributed by atoms with van der Waals surface area (Å²) in [5.41, 5.74) is -0.359. The number of nitro benzene ring substituents is 1. The second-order valence-electron chi connectivity index (χ2n) is 6.86. The van der Waals surface area contributed by atoms with Crippen LogP contribution in [0.25, 0.3) is 5.69 Å². The van der Waals surface area contributed by atoms with E-state index in [4.69, 9.17) is 4.74 Å². The van der Waals surface area contributed by atoms with E-state index in [1.54, 1.807) is 26.8 Å². The first-order valence-electron chi connectivity index (χ1n) is 8.20. The zero-order valence-corrected chi connectivity index (χ0v) is 15.2. The van der Waals surface area contributed by atoms with Gasteiger partial charge >= 0.3 is 6.09 Å². The van der Waals surface area contributed by atoms with Crippen molar-refractivity contribution in [3.63, 3.8) is 0 Å². The predicted molar refractivity (Wildman–Crippen MR) is 95.4 cm³/mol. The van der Waals surface area contributed by atoms with Crippen LogP contribution in [-0.4, -0.2) is 49.3 Å². The monoisotopic (exact) mass is 378 g/mol. The number of nitrogens with zero attached hydrogens (tertiary/aromatic N) is 3. The smallest absolute Gasteiger partial charge is 0.407 e. The van der Waals surface area contributed by atoms with E-state index in [9.17, 15) is 25.1 Å². The number of rotatable bonds is 6. The van der Waals surface area contributed by atoms with Gasteiger partial charge in [-0.15, -0.1) is 0 Å². The Morgan fingerprint density at radius 3 is 2.67 bits per heavy atom. The van der Waals surface area contributed by atoms with Crippen LogP contribution in [0.3, 0.4) is 0 Å². The number of aromatic nitrogens is 2. The third-order valence-corrected chi connectivity index (χ3v) is 3.49. The zero-order chi connectivity index (χ0) is 20.2. The molecule has 2 atom stereocenters. The van der Waals surface area contributed by atoms with Gasteiger partial charge in [0.15, 0.2) is 0 Å². The Bertz CT molecular complexity index is 814. The van der Waals surface area contributed by atoms with Gasteiger partial charge in [0, 0.05) is 24.4 Å². The molecule has 2 rings (SSSR count). The van der Waals surface area contributed by atoms with E-state index in [1.165, 1.54) is 35.3 Å². The highest BCUT2D eigenvalue weighted by Crippen LogP contribution is 2.24. The second kappa shape index (κ2) is 8.14. The molecule has 0 saturated carbocycles. The van der Waals surface area contributed by atoms with Crippen molar-refractivity contribution < 1.29 is 24.7 Å². The molecule has 0 bridgehead atoms. The molecule has 1 aromatic heterocycles. The van der Waals surface area contributed by atoms with E-state index < -0.39 is 28.8 Å². The summed E-state index contributed by atoms with van der Waals surface area (Å²) in [4.78, 5) is 22.2. The molecule has 27 heavy (non-hydrogen) atoms. The normalized spacial score (nSPS) is 13.7. The molecule has 0 aliphatic rings. The number of amides is 1. The molecule has 0 fully saturated rings. The van der Waals surface area contributed by atoms with E-state index in [-0.39, 0.29) is 23.5 Å². The highest BCUT2D eigenvalue weighted by Gasteiger charge is 2.23. The fourth-order valence-corrected chi connectivity index (χ4v) is 2.27. The van der Waals surface area contributed by atoms with Crippen LogP contribution >= 0.6 is 0 Å². The summed E-state index contributed by atoms with van der Waals surface area (Å²) in [5, 5.41) is 37.8. The fraction of sp³-hybridized carbons (Fsp3) is 0.412. The first-order valence-corrected chi connectivity index (χ1v) is 8.20. The van der Waals surface area contributed by atoms with Gasteiger partial charge in [0.25, 0.3) is 5.69 Å². The van der Waals surface area contributed by atoms with Crippen molar-refractivity contribution in [3.05, 3.63) is 52.3 Å². The molecule has 1 aromatic carbocycles. The number of carbonyl (C=O) groups excluding carboxylic acids is 1. The number of carbonyl (C=O) groups is 1. The summed E-state index contributed by atoms with van der Waals surface area (Å²) in [7, 11) is 0. The zero-order valence-electron chi connectivity index (χ0n) is 15.2. The van der Waals surface area contributed by atoms with Crippen LogP contribution in [-0.2, 0) is 4.74 Å². The molecule has 2 unspecified atom stereocenters. The Morgan fingerprint density at radius 2 is 2.04 bits per heavy atom. The SMILES string of the molecule is CC(C)(C)OC(=O)NCC(O)C(O)c1cnn(-c2ccccc2[N+](=O)[O-])c1. The number of ether oxygens (including phenoxy) is 1. The number of nitrogens with one attached hydrogen (secondary N) is 1. The minimum Gasteiger partial charge on any atom is -0.444 e. The number of hydrogen-bond donors (Lipinski definition) is 3. The molecule has 1 heterocycles. The summed E-state index contributed by atoms with van der Waals surface area (Å²) < 4.78 is 6.29. The molecular formula is C17H22N4O6. The van der Waals surface area contributed by atoms with Crippen LogP contribution in [0.4, 0.5) is 10.5 Å². The molecule has 0 aliphatic carbocycles. The Balaban J connectivity index is 2.05. The summed E-state index contributed by atoms with van der Waals surface area (Å²) in [5.74, 6) is 0. The van der Waals surface area contributed by atoms with E-state index in [0.29, 0.717) is 0 Å². The number of aliphatic hydroxyl groups excluding tert-OH is 2. The van der Waals surface area contributed by atoms with Crippen molar-refractivity contribution in [2.75, 3.05) is 6.54 Å². The summed E-state index contributed by atoms with van der Waals surface area (Å²) in [6.07, 6.45) is -0.719. The predicted octanol–water partition coefficient (Wildman–Crippen LogP) is 1.70. The third-order valence-electron chi connectivity index (χ3n) is 3.49. The average molecular weight is 378 g/mol. The first kappa shape index (κ1) is 20.3. The number of para-hydroxylation sites is 2. The second-order valence-corrected chi connectivity index (χ2v) is 6.86. The number of hydrogen-bond acceptors (Lipinski definition) is 7. The number of benzene rings is 1. The molecule has 10 nitrogen and oxygen atoms in total. The maximum atomic E-state index is 11.6. The number of nitro groups is 1. The van der Waals surface area contributed by atoms with Crippen LogP contribution in [0.2, 0.25) is 0 Å². The van der Waals surface area contributed by atoms with E-state index in [2.05, 4.69) is 10.4 Å². The minimum absolute atomic E-state index is 0.145. The quantitative estimate of drug-likeness (QED) is 0.513. The topological polar surface area (TPSA) is 140 Å². The van der Waals surface area contributed by atoms with Gasteiger partial charge in [-0.3, -0.25) is 10.1 Å². The lowest BCUT2D eigenvalue weighted by molar-refractivity contribution is -0.384. The highest BCUT2D eigenvalue weighted by atomic mass is 16.6. The summed E-state index contributed by atoms with van der Waals surface area (Å²) >= 11 is 0. The maximum absolute atomic E-state index is 11.6. The van der Waals surface area contributed by atoms with E-state index >= 15 is 0 Å². The lowest BCUT2D eigenvalue weighted by Crippen LogP contribution is -2.38. The van der Waals surface area contributed by atoms with Gasteiger partial charge in [0.2, 0.25) is 0 Å². The lowest BCUT2D eigenvalue weighted by atomic mass is 10.1. The Kier molecular flexibility index (Phi) is 6.13. The van der Waals surface area contributed by atoms with Crippen molar-refractivity contribution in [3.8, 4) is 5.69 Å². The van der Waals surface area contributed by atoms with E-state index in [1.807, 2.05) is 0 Å². The molecule has 0 spiro atoms. The number of aliphatic hydroxyl groups is 2. The van der Waals surface area contributed by atoms with Crippen LogP contribution in [0.5, 0.6) is 0 Å². The van der Waals surface area contributed by atoms with Crippen LogP contribution in [0, 0.1) is 10.1 Å². The van der Waals surface area contributed by atoms with Crippen molar-refractivity contribution in [2.45, 2.75) is 38.6 Å². The molecule has 0 radical (unpaired) electrons. The Morgan fingerprint density at radius 1 is 1.37 bits per heavy atom. The van der Waals surface area contributed by atoms with Gasteiger partial charge in [-0.2, -0.15) is 5.10 Å². The maximum Gasteiger partial charge on any atom is 0.407 e. The molecule has 0 saturated heterocycles. The van der Waals surface area contributed by atoms with Gasteiger partial charge in [0.05, 0.1) is 11.1 Å². The third kappa shape index (κ3) is 5.50. The van der Waals surface area contributed by atoms with Crippen LogP contribution < -0.4 is 5.32 Å². The van der Waals surface area contributed by atoms with Gasteiger partial charge in [-0.05, 0) is 26.8 Å². The largest absolute Gasteiger partial charge is 0.444 e. The molecule has 3 N–H and O–H groups in total. The first-order chi connectivity index (χ1) is 12.6. The van der Waals surface area contributed by atoms with Gasteiger partial charge in [0.1, 0.15) is 23.5 Å².